The summed E-state index contributed by atoms with van der Waals surface area (Å²) >= 11 is 1.74. The third-order valence-electron chi connectivity index (χ3n) is 3.15. The molecule has 0 fully saturated rings. The zero-order chi connectivity index (χ0) is 15.7. The summed E-state index contributed by atoms with van der Waals surface area (Å²) in [4.78, 5) is 12.9. The van der Waals surface area contributed by atoms with Crippen LogP contribution in [0.2, 0.25) is 0 Å². The number of carbonyl (C=O) groups excluding carboxylic acids is 1. The van der Waals surface area contributed by atoms with Gasteiger partial charge in [0.15, 0.2) is 0 Å². The first-order valence-corrected chi connectivity index (χ1v) is 8.36. The molecular formula is C16H26N2O2S. The van der Waals surface area contributed by atoms with Crippen molar-refractivity contribution in [2.45, 2.75) is 37.6 Å². The fourth-order valence-corrected chi connectivity index (χ4v) is 2.93. The van der Waals surface area contributed by atoms with Gasteiger partial charge in [-0.2, -0.15) is 0 Å². The van der Waals surface area contributed by atoms with E-state index < -0.39 is 0 Å². The first kappa shape index (κ1) is 17.9. The Morgan fingerprint density at radius 1 is 1.43 bits per heavy atom. The number of para-hydroxylation sites is 1. The highest BCUT2D eigenvalue weighted by Crippen LogP contribution is 2.29. The van der Waals surface area contributed by atoms with Gasteiger partial charge in [-0.3, -0.25) is 4.79 Å². The molecule has 0 radical (unpaired) electrons. The van der Waals surface area contributed by atoms with Crippen LogP contribution < -0.4 is 15.8 Å². The lowest BCUT2D eigenvalue weighted by Crippen LogP contribution is -2.42. The molecule has 0 saturated heterocycles. The van der Waals surface area contributed by atoms with Gasteiger partial charge in [-0.15, -0.1) is 11.8 Å². The predicted molar refractivity (Wildman–Crippen MR) is 88.8 cm³/mol. The van der Waals surface area contributed by atoms with Gasteiger partial charge in [0.1, 0.15) is 5.75 Å². The van der Waals surface area contributed by atoms with Crippen LogP contribution in [0.15, 0.2) is 29.2 Å². The third kappa shape index (κ3) is 6.40. The summed E-state index contributed by atoms with van der Waals surface area (Å²) in [6, 6.07) is 7.58. The van der Waals surface area contributed by atoms with Crippen LogP contribution in [0.3, 0.4) is 0 Å². The highest BCUT2D eigenvalue weighted by atomic mass is 32.2. The van der Waals surface area contributed by atoms with Gasteiger partial charge < -0.3 is 15.8 Å². The number of thioether (sulfide) groups is 1. The molecule has 1 aromatic carbocycles. The molecule has 0 aliphatic carbocycles. The molecule has 2 atom stereocenters. The monoisotopic (exact) mass is 310 g/mol. The van der Waals surface area contributed by atoms with Crippen molar-refractivity contribution in [1.82, 2.24) is 5.32 Å². The van der Waals surface area contributed by atoms with Gasteiger partial charge in [-0.1, -0.05) is 32.4 Å². The van der Waals surface area contributed by atoms with Gasteiger partial charge in [-0.05, 0) is 24.5 Å². The van der Waals surface area contributed by atoms with Crippen LogP contribution in [0, 0.1) is 5.92 Å². The predicted octanol–water partition coefficient (Wildman–Crippen LogP) is 2.67. The molecule has 0 aliphatic rings. The van der Waals surface area contributed by atoms with E-state index in [-0.39, 0.29) is 11.9 Å². The smallest absolute Gasteiger partial charge is 0.236 e. The number of amides is 1. The second-order valence-electron chi connectivity index (χ2n) is 5.21. The second kappa shape index (κ2) is 9.68. The van der Waals surface area contributed by atoms with E-state index >= 15 is 0 Å². The summed E-state index contributed by atoms with van der Waals surface area (Å²) in [6.07, 6.45) is 1.66. The Balaban J connectivity index is 2.34. The fourth-order valence-electron chi connectivity index (χ4n) is 1.88. The molecule has 5 heteroatoms. The lowest BCUT2D eigenvalue weighted by atomic mass is 10.1. The number of nitrogens with one attached hydrogen (secondary N) is 1. The number of ether oxygens (including phenoxy) is 1. The Morgan fingerprint density at radius 3 is 2.81 bits per heavy atom. The molecule has 0 bridgehead atoms. The Kier molecular flexibility index (Phi) is 8.23. The lowest BCUT2D eigenvalue weighted by molar-refractivity contribution is -0.122. The van der Waals surface area contributed by atoms with Gasteiger partial charge in [0.2, 0.25) is 5.91 Å². The van der Waals surface area contributed by atoms with E-state index in [1.165, 1.54) is 0 Å². The van der Waals surface area contributed by atoms with E-state index in [0.29, 0.717) is 12.5 Å². The highest BCUT2D eigenvalue weighted by molar-refractivity contribution is 7.99. The Hall–Kier alpha value is -1.20. The molecule has 118 valence electrons. The molecule has 0 aliphatic heterocycles. The second-order valence-corrected chi connectivity index (χ2v) is 6.27. The van der Waals surface area contributed by atoms with Crippen molar-refractivity contribution in [2.75, 3.05) is 19.4 Å². The van der Waals surface area contributed by atoms with E-state index in [2.05, 4.69) is 12.2 Å². The van der Waals surface area contributed by atoms with Crippen LogP contribution in [0.25, 0.3) is 0 Å². The average Bonchev–Trinajstić information content (AvgIpc) is 2.50. The molecular weight excluding hydrogens is 284 g/mol. The molecule has 21 heavy (non-hydrogen) atoms. The molecule has 2 unspecified atom stereocenters. The van der Waals surface area contributed by atoms with Gasteiger partial charge >= 0.3 is 0 Å². The Bertz CT molecular complexity index is 440. The van der Waals surface area contributed by atoms with Crippen molar-refractivity contribution < 1.29 is 9.53 Å². The summed E-state index contributed by atoms with van der Waals surface area (Å²) in [5.74, 6) is 2.14. The van der Waals surface area contributed by atoms with Crippen molar-refractivity contribution in [3.63, 3.8) is 0 Å². The zero-order valence-electron chi connectivity index (χ0n) is 13.1. The third-order valence-corrected chi connectivity index (χ3v) is 4.54. The fraction of sp³-hybridized carbons (Fsp3) is 0.562. The topological polar surface area (TPSA) is 64.4 Å². The summed E-state index contributed by atoms with van der Waals surface area (Å²) in [5.41, 5.74) is 5.78. The van der Waals surface area contributed by atoms with Crippen LogP contribution in [0.5, 0.6) is 5.75 Å². The van der Waals surface area contributed by atoms with E-state index in [1.54, 1.807) is 18.9 Å². The zero-order valence-corrected chi connectivity index (χ0v) is 13.9. The quantitative estimate of drug-likeness (QED) is 0.688. The number of rotatable bonds is 9. The van der Waals surface area contributed by atoms with Crippen molar-refractivity contribution in [2.24, 2.45) is 11.7 Å². The minimum atomic E-state index is -0.385. The van der Waals surface area contributed by atoms with Gasteiger partial charge in [0, 0.05) is 17.2 Å². The molecule has 0 heterocycles. The number of hydrogen-bond acceptors (Lipinski definition) is 4. The normalized spacial score (nSPS) is 13.5. The van der Waals surface area contributed by atoms with Crippen LogP contribution in [0.4, 0.5) is 0 Å². The summed E-state index contributed by atoms with van der Waals surface area (Å²) in [6.45, 7) is 4.80. The standard InChI is InChI=1S/C16H26N2O2S/c1-4-7-13(17)16(19)18-10-12(2)11-21-15-9-6-5-8-14(15)20-3/h5-6,8-9,12-13H,4,7,10-11,17H2,1-3H3,(H,18,19). The van der Waals surface area contributed by atoms with Crippen LogP contribution >= 0.6 is 11.8 Å². The van der Waals surface area contributed by atoms with E-state index in [4.69, 9.17) is 10.5 Å². The number of methoxy groups -OCH3 is 1. The average molecular weight is 310 g/mol. The molecule has 0 aromatic heterocycles. The first-order chi connectivity index (χ1) is 10.1. The number of carbonyl (C=O) groups is 1. The minimum Gasteiger partial charge on any atom is -0.496 e. The van der Waals surface area contributed by atoms with E-state index in [0.717, 1.165) is 29.2 Å². The van der Waals surface area contributed by atoms with Crippen molar-refractivity contribution >= 4 is 17.7 Å². The van der Waals surface area contributed by atoms with Gasteiger partial charge in [-0.25, -0.2) is 0 Å². The lowest BCUT2D eigenvalue weighted by Gasteiger charge is -2.16. The van der Waals surface area contributed by atoms with Gasteiger partial charge in [0.05, 0.1) is 13.2 Å². The maximum atomic E-state index is 11.7. The Morgan fingerprint density at radius 2 is 2.14 bits per heavy atom. The van der Waals surface area contributed by atoms with Gasteiger partial charge in [0.25, 0.3) is 0 Å². The minimum absolute atomic E-state index is 0.0500. The number of nitrogens with two attached hydrogens (primary N) is 1. The van der Waals surface area contributed by atoms with Crippen molar-refractivity contribution in [3.05, 3.63) is 24.3 Å². The van der Waals surface area contributed by atoms with Crippen molar-refractivity contribution in [1.29, 1.82) is 0 Å². The maximum Gasteiger partial charge on any atom is 0.236 e. The summed E-state index contributed by atoms with van der Waals surface area (Å²) < 4.78 is 5.33. The van der Waals surface area contributed by atoms with E-state index in [9.17, 15) is 4.79 Å². The molecule has 1 amide bonds. The van der Waals surface area contributed by atoms with Crippen LogP contribution in [-0.2, 0) is 4.79 Å². The Labute approximate surface area is 131 Å². The molecule has 4 nitrogen and oxygen atoms in total. The number of benzene rings is 1. The molecule has 0 spiro atoms. The summed E-state index contributed by atoms with van der Waals surface area (Å²) in [7, 11) is 1.68. The summed E-state index contributed by atoms with van der Waals surface area (Å²) in [5, 5.41) is 2.92. The highest BCUT2D eigenvalue weighted by Gasteiger charge is 2.13. The van der Waals surface area contributed by atoms with Crippen LogP contribution in [0.1, 0.15) is 26.7 Å². The largest absolute Gasteiger partial charge is 0.496 e. The maximum absolute atomic E-state index is 11.7. The van der Waals surface area contributed by atoms with E-state index in [1.807, 2.05) is 31.2 Å². The first-order valence-electron chi connectivity index (χ1n) is 7.37. The number of hydrogen-bond donors (Lipinski definition) is 2. The molecule has 1 aromatic rings. The SMILES string of the molecule is CCCC(N)C(=O)NCC(C)CSc1ccccc1OC. The molecule has 0 saturated carbocycles. The molecule has 1 rings (SSSR count). The van der Waals surface area contributed by atoms with Crippen molar-refractivity contribution in [3.8, 4) is 5.75 Å². The van der Waals surface area contributed by atoms with Crippen LogP contribution in [-0.4, -0.2) is 31.4 Å². The molecule has 3 N–H and O–H groups in total.